The molecular formula is C19H24N4O2S. The van der Waals surface area contributed by atoms with Crippen LogP contribution in [-0.4, -0.2) is 40.3 Å². The van der Waals surface area contributed by atoms with E-state index in [-0.39, 0.29) is 22.8 Å². The Morgan fingerprint density at radius 3 is 2.65 bits per heavy atom. The van der Waals surface area contributed by atoms with E-state index >= 15 is 0 Å². The van der Waals surface area contributed by atoms with Gasteiger partial charge >= 0.3 is 0 Å². The SMILES string of the molecule is Cc1cc(=O)[nH]c(SC(C)C(=O)NC2CCN(c3ccccc3)CC2)n1. The van der Waals surface area contributed by atoms with Crippen molar-refractivity contribution in [3.8, 4) is 0 Å². The lowest BCUT2D eigenvalue weighted by molar-refractivity contribution is -0.121. The molecule has 1 aliphatic rings. The number of H-pyrrole nitrogens is 1. The normalized spacial score (nSPS) is 16.3. The molecule has 1 aromatic carbocycles. The second-order valence-electron chi connectivity index (χ2n) is 6.56. The lowest BCUT2D eigenvalue weighted by Crippen LogP contribution is -2.46. The number of hydrogen-bond acceptors (Lipinski definition) is 5. The molecule has 2 heterocycles. The van der Waals surface area contributed by atoms with Gasteiger partial charge in [0.05, 0.1) is 5.25 Å². The largest absolute Gasteiger partial charge is 0.371 e. The van der Waals surface area contributed by atoms with E-state index in [2.05, 4.69) is 32.3 Å². The van der Waals surface area contributed by atoms with Crippen molar-refractivity contribution in [2.24, 2.45) is 0 Å². The summed E-state index contributed by atoms with van der Waals surface area (Å²) in [7, 11) is 0. The van der Waals surface area contributed by atoms with Crippen molar-refractivity contribution in [1.82, 2.24) is 15.3 Å². The van der Waals surface area contributed by atoms with Gasteiger partial charge in [-0.05, 0) is 38.8 Å². The van der Waals surface area contributed by atoms with Crippen molar-refractivity contribution in [3.63, 3.8) is 0 Å². The maximum Gasteiger partial charge on any atom is 0.251 e. The topological polar surface area (TPSA) is 78.1 Å². The van der Waals surface area contributed by atoms with Gasteiger partial charge in [0, 0.05) is 36.6 Å². The molecule has 0 saturated carbocycles. The first-order valence-corrected chi connectivity index (χ1v) is 9.74. The first-order valence-electron chi connectivity index (χ1n) is 8.86. The number of rotatable bonds is 5. The molecule has 1 fully saturated rings. The molecule has 1 aliphatic heterocycles. The van der Waals surface area contributed by atoms with Crippen molar-refractivity contribution < 1.29 is 4.79 Å². The highest BCUT2D eigenvalue weighted by molar-refractivity contribution is 8.00. The molecular weight excluding hydrogens is 348 g/mol. The second-order valence-corrected chi connectivity index (χ2v) is 7.89. The minimum absolute atomic E-state index is 0.0164. The Kier molecular flexibility index (Phi) is 5.98. The van der Waals surface area contributed by atoms with Crippen LogP contribution in [0.15, 0.2) is 46.3 Å². The second kappa shape index (κ2) is 8.40. The Labute approximate surface area is 157 Å². The van der Waals surface area contributed by atoms with Crippen molar-refractivity contribution in [1.29, 1.82) is 0 Å². The average molecular weight is 372 g/mol. The highest BCUT2D eigenvalue weighted by Gasteiger charge is 2.23. The quantitative estimate of drug-likeness (QED) is 0.622. The van der Waals surface area contributed by atoms with Crippen LogP contribution in [0.3, 0.4) is 0 Å². The number of aromatic nitrogens is 2. The van der Waals surface area contributed by atoms with Crippen molar-refractivity contribution in [3.05, 3.63) is 52.4 Å². The predicted octanol–water partition coefficient (Wildman–Crippen LogP) is 2.34. The summed E-state index contributed by atoms with van der Waals surface area (Å²) in [5, 5.41) is 3.30. The summed E-state index contributed by atoms with van der Waals surface area (Å²) in [6.45, 7) is 5.47. The molecule has 0 bridgehead atoms. The number of benzene rings is 1. The van der Waals surface area contributed by atoms with Crippen LogP contribution in [0.4, 0.5) is 5.69 Å². The zero-order chi connectivity index (χ0) is 18.5. The van der Waals surface area contributed by atoms with Gasteiger partial charge < -0.3 is 15.2 Å². The van der Waals surface area contributed by atoms with Crippen LogP contribution in [-0.2, 0) is 4.79 Å². The van der Waals surface area contributed by atoms with Crippen LogP contribution in [0.2, 0.25) is 0 Å². The van der Waals surface area contributed by atoms with Crippen LogP contribution in [0.5, 0.6) is 0 Å². The van der Waals surface area contributed by atoms with Gasteiger partial charge in [0.1, 0.15) is 0 Å². The van der Waals surface area contributed by atoms with Crippen molar-refractivity contribution in [2.75, 3.05) is 18.0 Å². The van der Waals surface area contributed by atoms with Crippen LogP contribution in [0.25, 0.3) is 0 Å². The Morgan fingerprint density at radius 1 is 1.31 bits per heavy atom. The number of nitrogens with zero attached hydrogens (tertiary/aromatic N) is 2. The maximum absolute atomic E-state index is 12.5. The average Bonchev–Trinajstić information content (AvgIpc) is 2.62. The summed E-state index contributed by atoms with van der Waals surface area (Å²) < 4.78 is 0. The molecule has 3 rings (SSSR count). The minimum atomic E-state index is -0.313. The third kappa shape index (κ3) is 4.88. The standard InChI is InChI=1S/C19H24N4O2S/c1-13-12-17(24)22-19(20-13)26-14(2)18(25)21-15-8-10-23(11-9-15)16-6-4-3-5-7-16/h3-7,12,14-15H,8-11H2,1-2H3,(H,21,25)(H,20,22,24). The molecule has 0 radical (unpaired) electrons. The van der Waals surface area contributed by atoms with Gasteiger partial charge in [-0.2, -0.15) is 0 Å². The van der Waals surface area contributed by atoms with E-state index in [0.717, 1.165) is 25.9 Å². The number of para-hydroxylation sites is 1. The number of carbonyl (C=O) groups is 1. The Balaban J connectivity index is 1.50. The molecule has 0 aliphatic carbocycles. The fourth-order valence-corrected chi connectivity index (χ4v) is 3.93. The number of amides is 1. The number of nitrogens with one attached hydrogen (secondary N) is 2. The van der Waals surface area contributed by atoms with Gasteiger partial charge in [0.2, 0.25) is 5.91 Å². The third-order valence-corrected chi connectivity index (χ3v) is 5.45. The molecule has 1 atom stereocenters. The molecule has 0 spiro atoms. The fourth-order valence-electron chi connectivity index (χ4n) is 3.07. The minimum Gasteiger partial charge on any atom is -0.371 e. The smallest absolute Gasteiger partial charge is 0.251 e. The number of piperidine rings is 1. The van der Waals surface area contributed by atoms with E-state index in [1.54, 1.807) is 6.92 Å². The van der Waals surface area contributed by atoms with E-state index in [1.165, 1.54) is 23.5 Å². The van der Waals surface area contributed by atoms with E-state index in [9.17, 15) is 9.59 Å². The first kappa shape index (κ1) is 18.5. The van der Waals surface area contributed by atoms with Gasteiger partial charge in [0.15, 0.2) is 5.16 Å². The highest BCUT2D eigenvalue weighted by Crippen LogP contribution is 2.21. The number of hydrogen-bond donors (Lipinski definition) is 2. The monoisotopic (exact) mass is 372 g/mol. The molecule has 1 saturated heterocycles. The number of aromatic amines is 1. The zero-order valence-corrected chi connectivity index (χ0v) is 15.9. The summed E-state index contributed by atoms with van der Waals surface area (Å²) >= 11 is 1.28. The number of carbonyl (C=O) groups excluding carboxylic acids is 1. The molecule has 26 heavy (non-hydrogen) atoms. The van der Waals surface area contributed by atoms with E-state index in [1.807, 2.05) is 25.1 Å². The third-order valence-electron chi connectivity index (χ3n) is 4.47. The number of aryl methyl sites for hydroxylation is 1. The molecule has 2 N–H and O–H groups in total. The summed E-state index contributed by atoms with van der Waals surface area (Å²) in [4.78, 5) is 33.3. The predicted molar refractivity (Wildman–Crippen MR) is 105 cm³/mol. The first-order chi connectivity index (χ1) is 12.5. The number of thioether (sulfide) groups is 1. The van der Waals surface area contributed by atoms with Gasteiger partial charge in [-0.3, -0.25) is 9.59 Å². The van der Waals surface area contributed by atoms with E-state index < -0.39 is 0 Å². The van der Waals surface area contributed by atoms with Gasteiger partial charge in [-0.1, -0.05) is 30.0 Å². The summed E-state index contributed by atoms with van der Waals surface area (Å²) in [6, 6.07) is 12.0. The summed E-state index contributed by atoms with van der Waals surface area (Å²) in [5.74, 6) is -0.0164. The molecule has 1 unspecified atom stereocenters. The molecule has 1 amide bonds. The molecule has 6 nitrogen and oxygen atoms in total. The Morgan fingerprint density at radius 2 is 2.00 bits per heavy atom. The lowest BCUT2D eigenvalue weighted by Gasteiger charge is -2.34. The maximum atomic E-state index is 12.5. The van der Waals surface area contributed by atoms with Crippen molar-refractivity contribution >= 4 is 23.4 Å². The van der Waals surface area contributed by atoms with E-state index in [0.29, 0.717) is 10.9 Å². The van der Waals surface area contributed by atoms with Crippen LogP contribution < -0.4 is 15.8 Å². The molecule has 2 aromatic rings. The lowest BCUT2D eigenvalue weighted by atomic mass is 10.0. The molecule has 138 valence electrons. The Hall–Kier alpha value is -2.28. The van der Waals surface area contributed by atoms with Crippen LogP contribution in [0.1, 0.15) is 25.5 Å². The van der Waals surface area contributed by atoms with Gasteiger partial charge in [-0.25, -0.2) is 4.98 Å². The molecule has 1 aromatic heterocycles. The molecule has 7 heteroatoms. The Bertz CT molecular complexity index is 801. The van der Waals surface area contributed by atoms with Crippen LogP contribution >= 0.6 is 11.8 Å². The van der Waals surface area contributed by atoms with Crippen molar-refractivity contribution in [2.45, 2.75) is 43.1 Å². The van der Waals surface area contributed by atoms with Gasteiger partial charge in [0.25, 0.3) is 5.56 Å². The van der Waals surface area contributed by atoms with Gasteiger partial charge in [-0.15, -0.1) is 0 Å². The zero-order valence-electron chi connectivity index (χ0n) is 15.1. The summed E-state index contributed by atoms with van der Waals surface area (Å²) in [5.41, 5.74) is 1.69. The van der Waals surface area contributed by atoms with E-state index in [4.69, 9.17) is 0 Å². The summed E-state index contributed by atoms with van der Waals surface area (Å²) in [6.07, 6.45) is 1.86. The highest BCUT2D eigenvalue weighted by atomic mass is 32.2. The fraction of sp³-hybridized carbons (Fsp3) is 0.421. The number of anilines is 1. The van der Waals surface area contributed by atoms with Crippen LogP contribution in [0, 0.1) is 6.92 Å².